The number of hydrogen-bond acceptors (Lipinski definition) is 7. The van der Waals surface area contributed by atoms with Crippen molar-refractivity contribution in [1.29, 1.82) is 5.41 Å². The van der Waals surface area contributed by atoms with Crippen molar-refractivity contribution >= 4 is 35.3 Å². The van der Waals surface area contributed by atoms with Crippen LogP contribution < -0.4 is 38.9 Å². The largest absolute Gasteiger partial charge is 0.370 e. The van der Waals surface area contributed by atoms with Gasteiger partial charge in [-0.2, -0.15) is 0 Å². The molecule has 0 fully saturated rings. The van der Waals surface area contributed by atoms with E-state index in [0.29, 0.717) is 43.9 Å². The lowest BCUT2D eigenvalue weighted by Gasteiger charge is -2.33. The average molecular weight is 708 g/mol. The molecule has 5 unspecified atom stereocenters. The summed E-state index contributed by atoms with van der Waals surface area (Å²) in [5.74, 6) is -1.06. The van der Waals surface area contributed by atoms with E-state index in [4.69, 9.17) is 28.3 Å². The lowest BCUT2D eigenvalue weighted by Crippen LogP contribution is -2.54. The Labute approximate surface area is 302 Å². The molecule has 0 aliphatic heterocycles. The molecule has 0 saturated carbocycles. The van der Waals surface area contributed by atoms with Gasteiger partial charge in [-0.05, 0) is 81.0 Å². The number of nitrogens with two attached hydrogens (primary N) is 4. The molecule has 8 atom stereocenters. The summed E-state index contributed by atoms with van der Waals surface area (Å²) in [4.78, 5) is 55.9. The molecule has 0 aromatic carbocycles. The molecule has 13 nitrogen and oxygen atoms in total. The molecule has 0 aliphatic rings. The highest BCUT2D eigenvalue weighted by Crippen LogP contribution is 2.31. The van der Waals surface area contributed by atoms with Crippen LogP contribution in [0.15, 0.2) is 4.99 Å². The van der Waals surface area contributed by atoms with Crippen LogP contribution in [0.3, 0.4) is 0 Å². The second-order valence-electron chi connectivity index (χ2n) is 14.8. The molecule has 0 rings (SSSR count). The highest BCUT2D eigenvalue weighted by Gasteiger charge is 2.34. The Morgan fingerprint density at radius 1 is 0.760 bits per heavy atom. The van der Waals surface area contributed by atoms with E-state index in [1.165, 1.54) is 0 Å². The normalized spacial score (nSPS) is 16.2. The molecule has 0 radical (unpaired) electrons. The van der Waals surface area contributed by atoms with Crippen molar-refractivity contribution in [3.63, 3.8) is 0 Å². The highest BCUT2D eigenvalue weighted by atomic mass is 16.2. The van der Waals surface area contributed by atoms with E-state index < -0.39 is 29.8 Å². The van der Waals surface area contributed by atoms with Gasteiger partial charge in [0.1, 0.15) is 12.1 Å². The first-order valence-corrected chi connectivity index (χ1v) is 19.0. The molecule has 0 heterocycles. The summed E-state index contributed by atoms with van der Waals surface area (Å²) in [5, 5.41) is 17.3. The minimum atomic E-state index is -0.905. The summed E-state index contributed by atoms with van der Waals surface area (Å²) >= 11 is 0. The fourth-order valence-corrected chi connectivity index (χ4v) is 6.42. The van der Waals surface area contributed by atoms with Crippen molar-refractivity contribution in [3.8, 4) is 0 Å². The average Bonchev–Trinajstić information content (AvgIpc) is 3.06. The van der Waals surface area contributed by atoms with Crippen LogP contribution >= 0.6 is 0 Å². The zero-order valence-corrected chi connectivity index (χ0v) is 32.5. The minimum absolute atomic E-state index is 0.0557. The standard InChI is InChI=1S/C37H73N9O4/c1-9-14-31(34(40)48)45-36(50)32(17-13-18-43-37(41)42)46-35(49)29(19-23(4)5)26(8)25(7)20-28(44-33(47)22-38)16-12-15-27(11-3)21-30(39)24(6)10-2/h23-29,31-32,39H,9-22,38H2,1-8H3,(H2,40,48)(H,44,47)(H,45,50)(H,46,49)(H4,41,42,43)/t24?,25?,26?,27?,28-,29-,31?,32-/m0/s1. The third-order valence-electron chi connectivity index (χ3n) is 10.1. The molecule has 0 aromatic heterocycles. The number of rotatable bonds is 28. The van der Waals surface area contributed by atoms with Gasteiger partial charge in [0, 0.05) is 24.2 Å². The topological polar surface area (TPSA) is 245 Å². The van der Waals surface area contributed by atoms with Crippen LogP contribution in [0.2, 0.25) is 0 Å². The van der Waals surface area contributed by atoms with Crippen molar-refractivity contribution in [3.05, 3.63) is 0 Å². The van der Waals surface area contributed by atoms with Gasteiger partial charge in [-0.15, -0.1) is 0 Å². The molecular formula is C37H73N9O4. The number of hydrogen-bond donors (Lipinski definition) is 8. The van der Waals surface area contributed by atoms with Gasteiger partial charge < -0.3 is 44.3 Å². The number of amides is 4. The van der Waals surface area contributed by atoms with E-state index in [2.05, 4.69) is 69.4 Å². The number of nitrogens with zero attached hydrogens (tertiary/aromatic N) is 1. The molecule has 0 aromatic rings. The maximum absolute atomic E-state index is 14.0. The Morgan fingerprint density at radius 3 is 1.92 bits per heavy atom. The summed E-state index contributed by atoms with van der Waals surface area (Å²) in [7, 11) is 0. The summed E-state index contributed by atoms with van der Waals surface area (Å²) in [6.45, 7) is 16.8. The van der Waals surface area contributed by atoms with Gasteiger partial charge in [0.15, 0.2) is 5.96 Å². The SMILES string of the molecule is CCCC(NC(=O)[C@H](CCCN=C(N)N)NC(=O)[C@@H](CC(C)C)C(C)C(C)C[C@H](CCCC(CC)CC(=N)C(C)CC)NC(=O)CN)C(N)=O. The van der Waals surface area contributed by atoms with Gasteiger partial charge >= 0.3 is 0 Å². The Balaban J connectivity index is 5.93. The van der Waals surface area contributed by atoms with Crippen molar-refractivity contribution in [2.75, 3.05) is 13.1 Å². The van der Waals surface area contributed by atoms with Crippen LogP contribution in [0.4, 0.5) is 0 Å². The first-order chi connectivity index (χ1) is 23.5. The van der Waals surface area contributed by atoms with E-state index in [0.717, 1.165) is 44.2 Å². The first kappa shape index (κ1) is 46.8. The first-order valence-electron chi connectivity index (χ1n) is 19.0. The number of nitrogens with one attached hydrogen (secondary N) is 4. The fraction of sp³-hybridized carbons (Fsp3) is 0.838. The van der Waals surface area contributed by atoms with Gasteiger partial charge in [0.2, 0.25) is 23.6 Å². The lowest BCUT2D eigenvalue weighted by atomic mass is 9.76. The van der Waals surface area contributed by atoms with Gasteiger partial charge in [-0.25, -0.2) is 0 Å². The maximum atomic E-state index is 14.0. The van der Waals surface area contributed by atoms with Gasteiger partial charge in [-0.3, -0.25) is 24.2 Å². The molecule has 290 valence electrons. The molecule has 50 heavy (non-hydrogen) atoms. The molecule has 12 N–H and O–H groups in total. The van der Waals surface area contributed by atoms with Gasteiger partial charge in [-0.1, -0.05) is 81.1 Å². The Bertz CT molecular complexity index is 1060. The molecular weight excluding hydrogens is 634 g/mol. The maximum Gasteiger partial charge on any atom is 0.243 e. The Hall–Kier alpha value is -3.22. The number of carbonyl (C=O) groups excluding carboxylic acids is 4. The number of aliphatic imine (C=N–C) groups is 1. The molecule has 0 bridgehead atoms. The van der Waals surface area contributed by atoms with Crippen LogP contribution in [0.5, 0.6) is 0 Å². The summed E-state index contributed by atoms with van der Waals surface area (Å²) < 4.78 is 0. The Kier molecular flexibility index (Phi) is 24.0. The summed E-state index contributed by atoms with van der Waals surface area (Å²) in [6, 6.07) is -1.84. The van der Waals surface area contributed by atoms with E-state index in [1.807, 2.05) is 6.92 Å². The predicted molar refractivity (Wildman–Crippen MR) is 204 cm³/mol. The van der Waals surface area contributed by atoms with Crippen molar-refractivity contribution in [2.24, 2.45) is 63.4 Å². The smallest absolute Gasteiger partial charge is 0.243 e. The molecule has 4 amide bonds. The quantitative estimate of drug-likeness (QED) is 0.0340. The molecule has 0 aliphatic carbocycles. The number of guanidine groups is 1. The number of primary amides is 1. The van der Waals surface area contributed by atoms with E-state index in [-0.39, 0.29) is 61.1 Å². The molecule has 0 spiro atoms. The van der Waals surface area contributed by atoms with Crippen molar-refractivity contribution in [2.45, 2.75) is 151 Å². The second kappa shape index (κ2) is 25.7. The predicted octanol–water partition coefficient (Wildman–Crippen LogP) is 3.72. The third-order valence-corrected chi connectivity index (χ3v) is 10.1. The van der Waals surface area contributed by atoms with Crippen LogP contribution in [-0.4, -0.2) is 66.5 Å². The third kappa shape index (κ3) is 19.2. The summed E-state index contributed by atoms with van der Waals surface area (Å²) in [5.41, 5.74) is 23.0. The molecule has 0 saturated heterocycles. The zero-order chi connectivity index (χ0) is 38.4. The van der Waals surface area contributed by atoms with Crippen LogP contribution in [0.25, 0.3) is 0 Å². The van der Waals surface area contributed by atoms with E-state index in [9.17, 15) is 19.2 Å². The summed E-state index contributed by atoms with van der Waals surface area (Å²) in [6.07, 6.45) is 8.50. The van der Waals surface area contributed by atoms with Gasteiger partial charge in [0.05, 0.1) is 6.54 Å². The highest BCUT2D eigenvalue weighted by molar-refractivity contribution is 5.92. The van der Waals surface area contributed by atoms with Crippen LogP contribution in [-0.2, 0) is 19.2 Å². The number of carbonyl (C=O) groups is 4. The fourth-order valence-electron chi connectivity index (χ4n) is 6.42. The second-order valence-corrected chi connectivity index (χ2v) is 14.8. The van der Waals surface area contributed by atoms with Crippen molar-refractivity contribution < 1.29 is 19.2 Å². The monoisotopic (exact) mass is 708 g/mol. The van der Waals surface area contributed by atoms with E-state index >= 15 is 0 Å². The van der Waals surface area contributed by atoms with E-state index in [1.54, 1.807) is 0 Å². The molecule has 13 heteroatoms. The minimum Gasteiger partial charge on any atom is -0.370 e. The Morgan fingerprint density at radius 2 is 1.40 bits per heavy atom. The van der Waals surface area contributed by atoms with Crippen LogP contribution in [0, 0.1) is 40.9 Å². The zero-order valence-electron chi connectivity index (χ0n) is 32.5. The van der Waals surface area contributed by atoms with Gasteiger partial charge in [0.25, 0.3) is 0 Å². The lowest BCUT2D eigenvalue weighted by molar-refractivity contribution is -0.134. The van der Waals surface area contributed by atoms with Crippen LogP contribution in [0.1, 0.15) is 132 Å². The van der Waals surface area contributed by atoms with Crippen molar-refractivity contribution in [1.82, 2.24) is 16.0 Å².